The molecule has 1 fully saturated rings. The van der Waals surface area contributed by atoms with E-state index in [-0.39, 0.29) is 29.9 Å². The minimum absolute atomic E-state index is 0.106. The van der Waals surface area contributed by atoms with Gasteiger partial charge in [0, 0.05) is 16.8 Å². The molecule has 0 bridgehead atoms. The zero-order valence-electron chi connectivity index (χ0n) is 17.0. The van der Waals surface area contributed by atoms with E-state index >= 15 is 0 Å². The van der Waals surface area contributed by atoms with Crippen molar-refractivity contribution in [2.45, 2.75) is 24.8 Å². The van der Waals surface area contributed by atoms with Crippen molar-refractivity contribution in [2.75, 3.05) is 15.6 Å². The van der Waals surface area contributed by atoms with E-state index in [9.17, 15) is 14.0 Å². The summed E-state index contributed by atoms with van der Waals surface area (Å²) >= 11 is 1.33. The number of benzene rings is 3. The number of carbonyl (C=O) groups excluding carboxylic acids is 2. The molecule has 1 unspecified atom stereocenters. The Morgan fingerprint density at radius 3 is 2.42 bits per heavy atom. The summed E-state index contributed by atoms with van der Waals surface area (Å²) in [7, 11) is 0. The lowest BCUT2D eigenvalue weighted by Gasteiger charge is -2.33. The highest BCUT2D eigenvalue weighted by Crippen LogP contribution is 2.55. The van der Waals surface area contributed by atoms with Gasteiger partial charge in [0.05, 0.1) is 18.0 Å². The van der Waals surface area contributed by atoms with Gasteiger partial charge in [-0.3, -0.25) is 14.5 Å². The van der Waals surface area contributed by atoms with Crippen molar-refractivity contribution in [1.29, 1.82) is 0 Å². The predicted octanol–water partition coefficient (Wildman–Crippen LogP) is 4.87. The van der Waals surface area contributed by atoms with E-state index in [2.05, 4.69) is 6.92 Å². The molecule has 1 spiro atoms. The molecule has 0 aliphatic carbocycles. The van der Waals surface area contributed by atoms with Gasteiger partial charge in [-0.05, 0) is 36.2 Å². The highest BCUT2D eigenvalue weighted by atomic mass is 32.2. The molecular formula is C25H21FN2O2S. The van der Waals surface area contributed by atoms with Gasteiger partial charge in [-0.2, -0.15) is 0 Å². The summed E-state index contributed by atoms with van der Waals surface area (Å²) in [5.74, 6) is -0.461. The molecule has 2 heterocycles. The van der Waals surface area contributed by atoms with Crippen LogP contribution in [0.3, 0.4) is 0 Å². The van der Waals surface area contributed by atoms with Crippen LogP contribution >= 0.6 is 11.8 Å². The fourth-order valence-corrected chi connectivity index (χ4v) is 5.75. The van der Waals surface area contributed by atoms with E-state index in [0.29, 0.717) is 16.9 Å². The third kappa shape index (κ3) is 2.97. The summed E-state index contributed by atoms with van der Waals surface area (Å²) in [5.41, 5.74) is 3.79. The fourth-order valence-electron chi connectivity index (χ4n) is 4.39. The molecule has 0 aromatic heterocycles. The van der Waals surface area contributed by atoms with Crippen molar-refractivity contribution in [3.63, 3.8) is 0 Å². The van der Waals surface area contributed by atoms with Crippen LogP contribution in [0.1, 0.15) is 23.6 Å². The van der Waals surface area contributed by atoms with Gasteiger partial charge < -0.3 is 4.90 Å². The van der Waals surface area contributed by atoms with Crippen molar-refractivity contribution < 1.29 is 14.0 Å². The van der Waals surface area contributed by atoms with E-state index in [1.165, 1.54) is 17.8 Å². The summed E-state index contributed by atoms with van der Waals surface area (Å²) in [6.07, 6.45) is 0.895. The van der Waals surface area contributed by atoms with Crippen LogP contribution < -0.4 is 9.80 Å². The van der Waals surface area contributed by atoms with Gasteiger partial charge in [-0.15, -0.1) is 11.8 Å². The van der Waals surface area contributed by atoms with Gasteiger partial charge in [-0.25, -0.2) is 4.39 Å². The number of anilines is 2. The maximum atomic E-state index is 14.4. The van der Waals surface area contributed by atoms with E-state index < -0.39 is 4.87 Å². The lowest BCUT2D eigenvalue weighted by atomic mass is 10.0. The molecule has 3 aromatic carbocycles. The number of halogens is 1. The number of aryl methyl sites for hydroxylation is 1. The van der Waals surface area contributed by atoms with Crippen LogP contribution in [0.4, 0.5) is 15.8 Å². The molecule has 2 aliphatic rings. The van der Waals surface area contributed by atoms with Crippen LogP contribution in [-0.2, 0) is 27.4 Å². The first-order valence-corrected chi connectivity index (χ1v) is 11.3. The van der Waals surface area contributed by atoms with Gasteiger partial charge in [0.25, 0.3) is 5.91 Å². The first kappa shape index (κ1) is 19.8. The second-order valence-corrected chi connectivity index (χ2v) is 8.85. The zero-order valence-corrected chi connectivity index (χ0v) is 17.9. The Morgan fingerprint density at radius 2 is 1.68 bits per heavy atom. The minimum atomic E-state index is -1.17. The van der Waals surface area contributed by atoms with Gasteiger partial charge in [-0.1, -0.05) is 55.5 Å². The molecule has 1 atom stereocenters. The molecule has 2 amide bonds. The Hall–Kier alpha value is -3.12. The lowest BCUT2D eigenvalue weighted by Crippen LogP contribution is -2.49. The molecule has 0 saturated carbocycles. The summed E-state index contributed by atoms with van der Waals surface area (Å²) < 4.78 is 14.4. The number of hydrogen-bond donors (Lipinski definition) is 0. The van der Waals surface area contributed by atoms with E-state index in [4.69, 9.17) is 0 Å². The highest BCUT2D eigenvalue weighted by Gasteiger charge is 2.60. The van der Waals surface area contributed by atoms with Gasteiger partial charge in [0.15, 0.2) is 0 Å². The average Bonchev–Trinajstić information content (AvgIpc) is 3.26. The molecule has 5 rings (SSSR count). The summed E-state index contributed by atoms with van der Waals surface area (Å²) in [4.78, 5) is 29.0. The monoisotopic (exact) mass is 432 g/mol. The Kier molecular flexibility index (Phi) is 4.82. The van der Waals surface area contributed by atoms with Crippen LogP contribution in [0.15, 0.2) is 72.8 Å². The number of para-hydroxylation sites is 1. The maximum absolute atomic E-state index is 14.4. The predicted molar refractivity (Wildman–Crippen MR) is 121 cm³/mol. The Bertz CT molecular complexity index is 1180. The minimum Gasteiger partial charge on any atom is -0.304 e. The number of rotatable bonds is 4. The Morgan fingerprint density at radius 1 is 0.968 bits per heavy atom. The van der Waals surface area contributed by atoms with Crippen molar-refractivity contribution in [3.05, 3.63) is 95.3 Å². The molecular weight excluding hydrogens is 411 g/mol. The lowest BCUT2D eigenvalue weighted by molar-refractivity contribution is -0.123. The number of hydrogen-bond acceptors (Lipinski definition) is 3. The average molecular weight is 433 g/mol. The SMILES string of the molecule is CCc1ccc(N2C(=O)CSC23C(=O)N(Cc2ccccc2F)c2ccccc23)cc1. The van der Waals surface area contributed by atoms with Gasteiger partial charge in [0.1, 0.15) is 5.82 Å². The number of amides is 2. The number of thioether (sulfide) groups is 1. The Balaban J connectivity index is 1.63. The molecule has 0 radical (unpaired) electrons. The molecule has 3 aromatic rings. The number of fused-ring (bicyclic) bond motifs is 2. The fraction of sp³-hybridized carbons (Fsp3) is 0.200. The van der Waals surface area contributed by atoms with Gasteiger partial charge in [0.2, 0.25) is 10.8 Å². The molecule has 1 saturated heterocycles. The van der Waals surface area contributed by atoms with Crippen LogP contribution in [0.5, 0.6) is 0 Å². The van der Waals surface area contributed by atoms with Gasteiger partial charge >= 0.3 is 0 Å². The van der Waals surface area contributed by atoms with Crippen molar-refractivity contribution in [3.8, 4) is 0 Å². The molecule has 156 valence electrons. The van der Waals surface area contributed by atoms with Crippen LogP contribution in [0.25, 0.3) is 0 Å². The maximum Gasteiger partial charge on any atom is 0.269 e. The van der Waals surface area contributed by atoms with Crippen LogP contribution in [-0.4, -0.2) is 17.6 Å². The summed E-state index contributed by atoms with van der Waals surface area (Å²) in [6.45, 7) is 2.19. The van der Waals surface area contributed by atoms with Crippen LogP contribution in [0, 0.1) is 5.82 Å². The van der Waals surface area contributed by atoms with Crippen LogP contribution in [0.2, 0.25) is 0 Å². The normalized spacial score (nSPS) is 20.1. The van der Waals surface area contributed by atoms with Crippen molar-refractivity contribution in [1.82, 2.24) is 0 Å². The second-order valence-electron chi connectivity index (χ2n) is 7.68. The zero-order chi connectivity index (χ0) is 21.6. The topological polar surface area (TPSA) is 40.6 Å². The number of carbonyl (C=O) groups is 2. The first-order valence-electron chi connectivity index (χ1n) is 10.3. The second kappa shape index (κ2) is 7.54. The van der Waals surface area contributed by atoms with E-state index in [1.807, 2.05) is 48.5 Å². The third-order valence-electron chi connectivity index (χ3n) is 5.95. The molecule has 4 nitrogen and oxygen atoms in total. The molecule has 2 aliphatic heterocycles. The first-order chi connectivity index (χ1) is 15.1. The third-order valence-corrected chi connectivity index (χ3v) is 7.34. The van der Waals surface area contributed by atoms with Crippen molar-refractivity contribution in [2.24, 2.45) is 0 Å². The quantitative estimate of drug-likeness (QED) is 0.591. The highest BCUT2D eigenvalue weighted by molar-refractivity contribution is 8.02. The summed E-state index contributed by atoms with van der Waals surface area (Å²) in [5, 5.41) is 0. The standard InChI is InChI=1S/C25H21FN2O2S/c1-2-17-11-13-19(14-12-17)28-23(29)16-31-25(28)20-8-4-6-10-22(20)27(24(25)30)15-18-7-3-5-9-21(18)26/h3-14H,2,15-16H2,1H3. The molecule has 0 N–H and O–H groups in total. The largest absolute Gasteiger partial charge is 0.304 e. The smallest absolute Gasteiger partial charge is 0.269 e. The molecule has 6 heteroatoms. The number of nitrogens with zero attached hydrogens (tertiary/aromatic N) is 2. The van der Waals surface area contributed by atoms with E-state index in [1.54, 1.807) is 28.0 Å². The van der Waals surface area contributed by atoms with E-state index in [0.717, 1.165) is 17.5 Å². The summed E-state index contributed by atoms with van der Waals surface area (Å²) in [6, 6.07) is 21.8. The molecule has 31 heavy (non-hydrogen) atoms. The van der Waals surface area contributed by atoms with Crippen molar-refractivity contribution >= 4 is 35.0 Å². The Labute approximate surface area is 184 Å².